The number of hydrogen-bond acceptors (Lipinski definition) is 5. The van der Waals surface area contributed by atoms with Crippen LogP contribution in [0, 0.1) is 0 Å². The van der Waals surface area contributed by atoms with Crippen LogP contribution >= 0.6 is 0 Å². The lowest BCUT2D eigenvalue weighted by atomic mass is 9.96. The molecule has 0 aliphatic heterocycles. The summed E-state index contributed by atoms with van der Waals surface area (Å²) in [6.45, 7) is 0. The van der Waals surface area contributed by atoms with Crippen LogP contribution in [0.4, 0.5) is 0 Å². The van der Waals surface area contributed by atoms with E-state index in [4.69, 9.17) is 23.8 Å². The van der Waals surface area contributed by atoms with E-state index in [1.807, 2.05) is 78.9 Å². The van der Waals surface area contributed by atoms with Gasteiger partial charge in [0.25, 0.3) is 0 Å². The van der Waals surface area contributed by atoms with Crippen molar-refractivity contribution in [2.45, 2.75) is 12.8 Å². The molecule has 0 spiro atoms. The van der Waals surface area contributed by atoms with E-state index in [-0.39, 0.29) is 0 Å². The van der Waals surface area contributed by atoms with Crippen molar-refractivity contribution in [3.63, 3.8) is 0 Å². The van der Waals surface area contributed by atoms with Crippen molar-refractivity contribution in [3.8, 4) is 51.0 Å². The number of aromatic nitrogens is 4. The fourth-order valence-electron chi connectivity index (χ4n) is 8.76. The molecule has 6 heteroatoms. The third kappa shape index (κ3) is 5.00. The van der Waals surface area contributed by atoms with Crippen LogP contribution in [-0.2, 0) is 6.42 Å². The maximum Gasteiger partial charge on any atom is 0.164 e. The van der Waals surface area contributed by atoms with Crippen LogP contribution in [-0.4, -0.2) is 19.5 Å². The average Bonchev–Trinajstić information content (AvgIpc) is 3.96. The van der Waals surface area contributed by atoms with Crippen molar-refractivity contribution in [2.75, 3.05) is 0 Å². The maximum absolute atomic E-state index is 6.60. The second-order valence-corrected chi connectivity index (χ2v) is 14.6. The molecular formula is C51H32N4O2. The standard InChI is InChI=1S/C51H32N4O2/c1-3-13-31(14-4-1)49-52-50(32-15-5-2-6-16-32)54-51(53-49)39-20-12-24-45-48(39)47-35(19-11-23-44(47)57-45)33-25-27-38-40-30-34(26-28-43(40)56-46(38)29-33)55-41-21-9-7-17-36(41)37-18-8-10-22-42(37)55/h1-7,9-17,19-30H,8,18H2. The second kappa shape index (κ2) is 12.5. The van der Waals surface area contributed by atoms with E-state index in [9.17, 15) is 0 Å². The lowest BCUT2D eigenvalue weighted by Gasteiger charge is -2.12. The molecule has 0 radical (unpaired) electrons. The van der Waals surface area contributed by atoms with E-state index < -0.39 is 0 Å². The molecule has 4 aromatic heterocycles. The van der Waals surface area contributed by atoms with Gasteiger partial charge in [-0.05, 0) is 84.1 Å². The first-order valence-corrected chi connectivity index (χ1v) is 19.3. The molecule has 7 aromatic carbocycles. The number of para-hydroxylation sites is 1. The number of hydrogen-bond donors (Lipinski definition) is 0. The first-order valence-electron chi connectivity index (χ1n) is 19.3. The maximum atomic E-state index is 6.60. The van der Waals surface area contributed by atoms with Crippen LogP contribution in [0.2, 0.25) is 0 Å². The van der Waals surface area contributed by atoms with E-state index >= 15 is 0 Å². The van der Waals surface area contributed by atoms with Gasteiger partial charge in [0.05, 0.1) is 5.52 Å². The highest BCUT2D eigenvalue weighted by Crippen LogP contribution is 2.43. The minimum absolute atomic E-state index is 0.585. The Morgan fingerprint density at radius 3 is 1.89 bits per heavy atom. The highest BCUT2D eigenvalue weighted by Gasteiger charge is 2.22. The van der Waals surface area contributed by atoms with Crippen LogP contribution in [0.25, 0.3) is 112 Å². The minimum Gasteiger partial charge on any atom is -0.456 e. The molecule has 1 aliphatic carbocycles. The molecule has 0 N–H and O–H groups in total. The number of aryl methyl sites for hydroxylation is 1. The van der Waals surface area contributed by atoms with Crippen molar-refractivity contribution >= 4 is 60.9 Å². The number of furan rings is 2. The molecule has 4 heterocycles. The Kier molecular flexibility index (Phi) is 6.95. The Balaban J connectivity index is 1.02. The molecule has 12 rings (SSSR count). The lowest BCUT2D eigenvalue weighted by molar-refractivity contribution is 0.668. The van der Waals surface area contributed by atoms with Crippen molar-refractivity contribution in [1.29, 1.82) is 0 Å². The van der Waals surface area contributed by atoms with Crippen molar-refractivity contribution in [1.82, 2.24) is 19.5 Å². The molecule has 0 saturated carbocycles. The number of benzene rings is 7. The molecule has 0 unspecified atom stereocenters. The van der Waals surface area contributed by atoms with E-state index in [2.05, 4.69) is 95.6 Å². The van der Waals surface area contributed by atoms with Crippen LogP contribution in [0.3, 0.4) is 0 Å². The number of rotatable bonds is 5. The summed E-state index contributed by atoms with van der Waals surface area (Å²) in [6, 6.07) is 54.3. The van der Waals surface area contributed by atoms with Gasteiger partial charge in [-0.15, -0.1) is 0 Å². The molecule has 0 amide bonds. The molecule has 0 atom stereocenters. The Labute approximate surface area is 327 Å². The summed E-state index contributed by atoms with van der Waals surface area (Å²) in [5, 5.41) is 5.45. The Bertz CT molecular complexity index is 3350. The summed E-state index contributed by atoms with van der Waals surface area (Å²) in [4.78, 5) is 15.1. The van der Waals surface area contributed by atoms with Crippen LogP contribution < -0.4 is 0 Å². The summed E-state index contributed by atoms with van der Waals surface area (Å²) >= 11 is 0. The zero-order valence-electron chi connectivity index (χ0n) is 30.7. The second-order valence-electron chi connectivity index (χ2n) is 14.6. The van der Waals surface area contributed by atoms with Crippen molar-refractivity contribution in [3.05, 3.63) is 175 Å². The number of allylic oxidation sites excluding steroid dienone is 1. The zero-order valence-corrected chi connectivity index (χ0v) is 30.7. The lowest BCUT2D eigenvalue weighted by Crippen LogP contribution is -2.00. The monoisotopic (exact) mass is 732 g/mol. The van der Waals surface area contributed by atoms with Crippen LogP contribution in [0.5, 0.6) is 0 Å². The van der Waals surface area contributed by atoms with Gasteiger partial charge in [-0.2, -0.15) is 0 Å². The summed E-state index contributed by atoms with van der Waals surface area (Å²) in [6.07, 6.45) is 6.68. The van der Waals surface area contributed by atoms with Gasteiger partial charge in [-0.3, -0.25) is 0 Å². The normalized spacial score (nSPS) is 12.7. The fraction of sp³-hybridized carbons (Fsp3) is 0.0392. The van der Waals surface area contributed by atoms with Gasteiger partial charge in [-0.1, -0.05) is 115 Å². The third-order valence-electron chi connectivity index (χ3n) is 11.3. The van der Waals surface area contributed by atoms with Gasteiger partial charge >= 0.3 is 0 Å². The van der Waals surface area contributed by atoms with Gasteiger partial charge in [0.2, 0.25) is 0 Å². The molecule has 0 fully saturated rings. The Morgan fingerprint density at radius 1 is 0.456 bits per heavy atom. The molecular weight excluding hydrogens is 701 g/mol. The average molecular weight is 733 g/mol. The summed E-state index contributed by atoms with van der Waals surface area (Å²) < 4.78 is 15.6. The minimum atomic E-state index is 0.585. The molecule has 11 aromatic rings. The van der Waals surface area contributed by atoms with E-state index in [1.54, 1.807) is 0 Å². The van der Waals surface area contributed by atoms with Crippen LogP contribution in [0.1, 0.15) is 17.7 Å². The van der Waals surface area contributed by atoms with E-state index in [0.717, 1.165) is 90.2 Å². The largest absolute Gasteiger partial charge is 0.456 e. The highest BCUT2D eigenvalue weighted by atomic mass is 16.3. The predicted molar refractivity (Wildman–Crippen MR) is 230 cm³/mol. The van der Waals surface area contributed by atoms with Gasteiger partial charge in [0.1, 0.15) is 22.3 Å². The van der Waals surface area contributed by atoms with Crippen molar-refractivity contribution < 1.29 is 8.83 Å². The zero-order chi connectivity index (χ0) is 37.5. The summed E-state index contributed by atoms with van der Waals surface area (Å²) in [5.74, 6) is 1.81. The Morgan fingerprint density at radius 2 is 1.12 bits per heavy atom. The van der Waals surface area contributed by atoms with Crippen molar-refractivity contribution in [2.24, 2.45) is 0 Å². The number of fused-ring (bicyclic) bond motifs is 9. The topological polar surface area (TPSA) is 69.9 Å². The number of nitrogens with zero attached hydrogens (tertiary/aromatic N) is 4. The first-order chi connectivity index (χ1) is 28.2. The van der Waals surface area contributed by atoms with Gasteiger partial charge < -0.3 is 13.4 Å². The molecule has 0 bridgehead atoms. The molecule has 57 heavy (non-hydrogen) atoms. The van der Waals surface area contributed by atoms with Gasteiger partial charge in [0.15, 0.2) is 17.5 Å². The quantitative estimate of drug-likeness (QED) is 0.176. The smallest absolute Gasteiger partial charge is 0.164 e. The Hall–Kier alpha value is -7.57. The molecule has 0 saturated heterocycles. The predicted octanol–water partition coefficient (Wildman–Crippen LogP) is 13.2. The fourth-order valence-corrected chi connectivity index (χ4v) is 8.76. The summed E-state index contributed by atoms with van der Waals surface area (Å²) in [7, 11) is 0. The SMILES string of the molecule is C1=Cc2c(c3ccccc3n2-c2ccc3oc4cc(-c5cccc6oc7cccc(-c8nc(-c9ccccc9)nc(-c9ccccc9)n8)c7c56)ccc4c3c2)CC1. The molecule has 6 nitrogen and oxygen atoms in total. The summed E-state index contributed by atoms with van der Waals surface area (Å²) in [5.41, 5.74) is 13.1. The highest BCUT2D eigenvalue weighted by molar-refractivity contribution is 6.18. The van der Waals surface area contributed by atoms with Gasteiger partial charge in [-0.25, -0.2) is 15.0 Å². The van der Waals surface area contributed by atoms with E-state index in [1.165, 1.54) is 22.2 Å². The molecule has 1 aliphatic rings. The van der Waals surface area contributed by atoms with Gasteiger partial charge in [0, 0.05) is 55.0 Å². The first kappa shape index (κ1) is 31.7. The van der Waals surface area contributed by atoms with Crippen LogP contribution in [0.15, 0.2) is 173 Å². The van der Waals surface area contributed by atoms with E-state index in [0.29, 0.717) is 17.5 Å². The molecule has 268 valence electrons. The third-order valence-corrected chi connectivity index (χ3v) is 11.3.